The van der Waals surface area contributed by atoms with E-state index in [1.165, 1.54) is 37.8 Å². The van der Waals surface area contributed by atoms with Gasteiger partial charge in [-0.25, -0.2) is 4.98 Å². The van der Waals surface area contributed by atoms with E-state index in [0.717, 1.165) is 12.3 Å². The van der Waals surface area contributed by atoms with E-state index in [0.29, 0.717) is 17.4 Å². The van der Waals surface area contributed by atoms with Crippen LogP contribution in [0.4, 0.5) is 0 Å². The first-order valence-electron chi connectivity index (χ1n) is 9.89. The summed E-state index contributed by atoms with van der Waals surface area (Å²) in [7, 11) is 0. The Labute approximate surface area is 150 Å². The molecule has 2 N–H and O–H groups in total. The fourth-order valence-corrected chi connectivity index (χ4v) is 6.45. The zero-order valence-electron chi connectivity index (χ0n) is 15.4. The topological polar surface area (TPSA) is 43.8 Å². The first-order chi connectivity index (χ1) is 12.0. The van der Waals surface area contributed by atoms with Crippen molar-refractivity contribution in [1.29, 1.82) is 0 Å². The minimum Gasteiger partial charge on any atom is -0.327 e. The molecule has 1 aromatic heterocycles. The molecule has 0 aromatic carbocycles. The van der Waals surface area contributed by atoms with Crippen molar-refractivity contribution in [3.8, 4) is 0 Å². The van der Waals surface area contributed by atoms with Gasteiger partial charge in [-0.15, -0.1) is 0 Å². The lowest BCUT2D eigenvalue weighted by Gasteiger charge is -2.56. The van der Waals surface area contributed by atoms with Crippen LogP contribution in [0.25, 0.3) is 5.70 Å². The quantitative estimate of drug-likeness (QED) is 0.766. The molecule has 1 aromatic rings. The van der Waals surface area contributed by atoms with E-state index < -0.39 is 0 Å². The Bertz CT molecular complexity index is 784. The largest absolute Gasteiger partial charge is 0.327 e. The molecule has 4 aliphatic rings. The Morgan fingerprint density at radius 1 is 1.20 bits per heavy atom. The van der Waals surface area contributed by atoms with Crippen molar-refractivity contribution in [1.82, 2.24) is 9.55 Å². The van der Waals surface area contributed by atoms with Crippen LogP contribution in [0.5, 0.6) is 0 Å². The molecule has 5 atom stereocenters. The monoisotopic (exact) mass is 335 g/mol. The first-order valence-corrected chi connectivity index (χ1v) is 9.89. The predicted molar refractivity (Wildman–Crippen MR) is 102 cm³/mol. The molecule has 0 bridgehead atoms. The summed E-state index contributed by atoms with van der Waals surface area (Å²) < 4.78 is 2.22. The molecule has 0 unspecified atom stereocenters. The lowest BCUT2D eigenvalue weighted by Crippen LogP contribution is -2.48. The predicted octanol–water partition coefficient (Wildman–Crippen LogP) is 4.54. The van der Waals surface area contributed by atoms with E-state index in [9.17, 15) is 0 Å². The third-order valence-electron chi connectivity index (χ3n) is 7.93. The van der Waals surface area contributed by atoms with Gasteiger partial charge in [0.05, 0.1) is 6.33 Å². The van der Waals surface area contributed by atoms with Crippen LogP contribution in [-0.4, -0.2) is 15.6 Å². The van der Waals surface area contributed by atoms with Crippen molar-refractivity contribution < 1.29 is 0 Å². The number of nitrogens with zero attached hydrogens (tertiary/aromatic N) is 2. The minimum atomic E-state index is 0.175. The highest BCUT2D eigenvalue weighted by Crippen LogP contribution is 2.64. The highest BCUT2D eigenvalue weighted by atomic mass is 15.0. The fraction of sp³-hybridized carbons (Fsp3) is 0.591. The van der Waals surface area contributed by atoms with Crippen LogP contribution in [-0.2, 0) is 0 Å². The summed E-state index contributed by atoms with van der Waals surface area (Å²) in [4.78, 5) is 4.27. The maximum absolute atomic E-state index is 6.28. The maximum atomic E-state index is 6.28. The molecule has 4 aliphatic carbocycles. The molecule has 2 saturated carbocycles. The van der Waals surface area contributed by atoms with Crippen molar-refractivity contribution in [3.05, 3.63) is 48.1 Å². The summed E-state index contributed by atoms with van der Waals surface area (Å²) in [6, 6.07) is 0.380. The van der Waals surface area contributed by atoms with Gasteiger partial charge in [0, 0.05) is 29.5 Å². The smallest absolute Gasteiger partial charge is 0.0989 e. The molecule has 132 valence electrons. The second-order valence-corrected chi connectivity index (χ2v) is 9.11. The molecule has 1 heterocycles. The summed E-state index contributed by atoms with van der Waals surface area (Å²) in [5, 5.41) is 0. The zero-order valence-corrected chi connectivity index (χ0v) is 15.4. The average Bonchev–Trinajstić information content (AvgIpc) is 3.22. The van der Waals surface area contributed by atoms with Gasteiger partial charge >= 0.3 is 0 Å². The van der Waals surface area contributed by atoms with E-state index >= 15 is 0 Å². The molecule has 0 spiro atoms. The van der Waals surface area contributed by atoms with Gasteiger partial charge in [0.15, 0.2) is 0 Å². The van der Waals surface area contributed by atoms with Crippen LogP contribution < -0.4 is 5.73 Å². The number of aromatic nitrogens is 2. The van der Waals surface area contributed by atoms with Crippen LogP contribution in [0.2, 0.25) is 0 Å². The van der Waals surface area contributed by atoms with Crippen LogP contribution in [0.15, 0.2) is 48.1 Å². The number of allylic oxidation sites excluding steroid dienone is 5. The molecule has 0 saturated heterocycles. The lowest BCUT2D eigenvalue weighted by atomic mass is 9.49. The van der Waals surface area contributed by atoms with Gasteiger partial charge in [-0.1, -0.05) is 37.1 Å². The number of hydrogen-bond donors (Lipinski definition) is 1. The van der Waals surface area contributed by atoms with E-state index in [-0.39, 0.29) is 5.41 Å². The lowest BCUT2D eigenvalue weighted by molar-refractivity contribution is 0.0730. The summed E-state index contributed by atoms with van der Waals surface area (Å²) in [5.41, 5.74) is 11.6. The van der Waals surface area contributed by atoms with Crippen LogP contribution >= 0.6 is 0 Å². The first kappa shape index (κ1) is 15.6. The number of nitrogens with two attached hydrogens (primary N) is 1. The van der Waals surface area contributed by atoms with E-state index in [2.05, 4.69) is 47.8 Å². The Morgan fingerprint density at radius 2 is 2.08 bits per heavy atom. The van der Waals surface area contributed by atoms with Gasteiger partial charge < -0.3 is 10.3 Å². The molecule has 0 amide bonds. The number of fused-ring (bicyclic) bond motifs is 5. The Kier molecular flexibility index (Phi) is 3.25. The molecule has 3 heteroatoms. The third-order valence-corrected chi connectivity index (χ3v) is 7.93. The summed E-state index contributed by atoms with van der Waals surface area (Å²) in [6.45, 7) is 4.98. The molecule has 2 fully saturated rings. The normalized spacial score (nSPS) is 42.7. The molecular weight excluding hydrogens is 306 g/mol. The van der Waals surface area contributed by atoms with Crippen molar-refractivity contribution in [2.75, 3.05) is 0 Å². The number of hydrogen-bond acceptors (Lipinski definition) is 2. The summed E-state index contributed by atoms with van der Waals surface area (Å²) >= 11 is 0. The van der Waals surface area contributed by atoms with Gasteiger partial charge in [-0.2, -0.15) is 0 Å². The highest BCUT2D eigenvalue weighted by molar-refractivity contribution is 5.66. The standard InChI is InChI=1S/C22H29N3/c1-21-9-7-16(23)13-15(21)3-4-17-18-5-6-20(25-12-11-24-14-25)22(18,2)10-8-19(17)21/h3,5-6,11-12,14,16-17,19H,4,7-10,13,23H2,1-2H3/t16-,17+,19+,21+,22+/m1/s1. The maximum Gasteiger partial charge on any atom is 0.0989 e. The summed E-state index contributed by atoms with van der Waals surface area (Å²) in [6.07, 6.45) is 20.6. The van der Waals surface area contributed by atoms with E-state index in [4.69, 9.17) is 5.73 Å². The van der Waals surface area contributed by atoms with Crippen molar-refractivity contribution in [2.45, 2.75) is 58.4 Å². The zero-order chi connectivity index (χ0) is 17.2. The van der Waals surface area contributed by atoms with E-state index in [1.54, 1.807) is 11.1 Å². The molecular formula is C22H29N3. The van der Waals surface area contributed by atoms with Crippen molar-refractivity contribution in [2.24, 2.45) is 28.4 Å². The molecule has 3 nitrogen and oxygen atoms in total. The SMILES string of the molecule is C[C@]12CC[C@H]3[C@@H](CC=C4C[C@H](N)CC[C@@]43C)C1=CC=C2n1ccnc1. The van der Waals surface area contributed by atoms with Gasteiger partial charge in [0.1, 0.15) is 0 Å². The van der Waals surface area contributed by atoms with Crippen molar-refractivity contribution >= 4 is 5.70 Å². The molecule has 5 rings (SSSR count). The second kappa shape index (κ2) is 5.20. The van der Waals surface area contributed by atoms with Gasteiger partial charge in [-0.05, 0) is 61.9 Å². The molecule has 25 heavy (non-hydrogen) atoms. The van der Waals surface area contributed by atoms with Gasteiger partial charge in [0.25, 0.3) is 0 Å². The second-order valence-electron chi connectivity index (χ2n) is 9.11. The molecule has 0 radical (unpaired) electrons. The van der Waals surface area contributed by atoms with Crippen LogP contribution in [0, 0.1) is 22.7 Å². The Balaban J connectivity index is 1.50. The van der Waals surface area contributed by atoms with E-state index in [1.807, 2.05) is 12.5 Å². The number of imidazole rings is 1. The van der Waals surface area contributed by atoms with Gasteiger partial charge in [-0.3, -0.25) is 0 Å². The number of rotatable bonds is 1. The van der Waals surface area contributed by atoms with Crippen molar-refractivity contribution in [3.63, 3.8) is 0 Å². The molecule has 0 aliphatic heterocycles. The van der Waals surface area contributed by atoms with Crippen LogP contribution in [0.1, 0.15) is 52.4 Å². The minimum absolute atomic E-state index is 0.175. The fourth-order valence-electron chi connectivity index (χ4n) is 6.45. The average molecular weight is 335 g/mol. The Morgan fingerprint density at radius 3 is 2.88 bits per heavy atom. The third kappa shape index (κ3) is 2.05. The summed E-state index contributed by atoms with van der Waals surface area (Å²) in [5.74, 6) is 1.48. The highest BCUT2D eigenvalue weighted by Gasteiger charge is 2.54. The Hall–Kier alpha value is -1.61. The van der Waals surface area contributed by atoms with Gasteiger partial charge in [0.2, 0.25) is 0 Å². The van der Waals surface area contributed by atoms with Crippen LogP contribution in [0.3, 0.4) is 0 Å².